The van der Waals surface area contributed by atoms with Crippen LogP contribution in [0.25, 0.3) is 0 Å². The first kappa shape index (κ1) is 21.4. The average molecular weight is 435 g/mol. The van der Waals surface area contributed by atoms with Crippen molar-refractivity contribution in [3.63, 3.8) is 0 Å². The highest BCUT2D eigenvalue weighted by Gasteiger charge is 2.32. The summed E-state index contributed by atoms with van der Waals surface area (Å²) >= 11 is 0. The predicted octanol–water partition coefficient (Wildman–Crippen LogP) is 3.67. The van der Waals surface area contributed by atoms with E-state index < -0.39 is 0 Å². The van der Waals surface area contributed by atoms with Gasteiger partial charge in [-0.25, -0.2) is 9.97 Å². The van der Waals surface area contributed by atoms with Crippen LogP contribution in [0.4, 0.5) is 5.82 Å². The van der Waals surface area contributed by atoms with Crippen molar-refractivity contribution in [2.24, 2.45) is 0 Å². The van der Waals surface area contributed by atoms with Gasteiger partial charge in [-0.2, -0.15) is 0 Å². The molecule has 2 saturated heterocycles. The first-order chi connectivity index (χ1) is 15.7. The molecule has 1 aromatic heterocycles. The molecule has 2 fully saturated rings. The van der Waals surface area contributed by atoms with Gasteiger partial charge >= 0.3 is 0 Å². The Hall–Kier alpha value is -2.47. The van der Waals surface area contributed by atoms with E-state index in [1.54, 1.807) is 0 Å². The Morgan fingerprint density at radius 3 is 2.62 bits per heavy atom. The van der Waals surface area contributed by atoms with Crippen molar-refractivity contribution >= 4 is 11.7 Å². The first-order valence-corrected chi connectivity index (χ1v) is 12.3. The summed E-state index contributed by atoms with van der Waals surface area (Å²) in [5, 5.41) is 0. The molecule has 0 N–H and O–H groups in total. The van der Waals surface area contributed by atoms with Gasteiger partial charge in [0.25, 0.3) is 5.91 Å². The van der Waals surface area contributed by atoms with E-state index in [0.29, 0.717) is 5.92 Å². The van der Waals surface area contributed by atoms with Crippen molar-refractivity contribution in [3.8, 4) is 0 Å². The summed E-state index contributed by atoms with van der Waals surface area (Å²) in [4.78, 5) is 27.2. The van der Waals surface area contributed by atoms with Gasteiger partial charge in [0.05, 0.1) is 0 Å². The average Bonchev–Trinajstić information content (AvgIpc) is 3.38. The molecule has 0 radical (unpaired) electrons. The van der Waals surface area contributed by atoms with Crippen molar-refractivity contribution in [3.05, 3.63) is 53.0 Å². The van der Waals surface area contributed by atoms with Gasteiger partial charge in [-0.3, -0.25) is 4.79 Å². The van der Waals surface area contributed by atoms with Gasteiger partial charge in [-0.15, -0.1) is 0 Å². The highest BCUT2D eigenvalue weighted by Crippen LogP contribution is 2.32. The number of hydrogen-bond acceptors (Lipinski definition) is 5. The molecule has 2 aromatic rings. The summed E-state index contributed by atoms with van der Waals surface area (Å²) in [7, 11) is 0. The van der Waals surface area contributed by atoms with Gasteiger partial charge < -0.3 is 14.5 Å². The second kappa shape index (κ2) is 9.57. The summed E-state index contributed by atoms with van der Waals surface area (Å²) < 4.78 is 5.60. The molecule has 1 aromatic carbocycles. The van der Waals surface area contributed by atoms with Gasteiger partial charge in [-0.1, -0.05) is 30.3 Å². The van der Waals surface area contributed by atoms with Gasteiger partial charge in [0, 0.05) is 50.0 Å². The molecule has 5 rings (SSSR count). The lowest BCUT2D eigenvalue weighted by molar-refractivity contribution is -0.142. The van der Waals surface area contributed by atoms with Gasteiger partial charge in [0.15, 0.2) is 0 Å². The number of fused-ring (bicyclic) bond motifs is 1. The second-order valence-electron chi connectivity index (χ2n) is 9.40. The maximum atomic E-state index is 12.7. The van der Waals surface area contributed by atoms with Crippen LogP contribution in [0.3, 0.4) is 0 Å². The lowest BCUT2D eigenvalue weighted by Crippen LogP contribution is -2.43. The van der Waals surface area contributed by atoms with Crippen LogP contribution >= 0.6 is 0 Å². The molecule has 3 aliphatic rings. The molecule has 6 heteroatoms. The maximum Gasteiger partial charge on any atom is 0.251 e. The fourth-order valence-electron chi connectivity index (χ4n) is 5.35. The number of amides is 1. The van der Waals surface area contributed by atoms with Gasteiger partial charge in [0.2, 0.25) is 0 Å². The Bertz CT molecular complexity index is 934. The van der Waals surface area contributed by atoms with Gasteiger partial charge in [-0.05, 0) is 57.4 Å². The SMILES string of the molecule is Cc1nc(C2CCN(C(=O)C3CCCO3)CC2)nc2c1CCCN2CCc1ccccc1. The molecule has 0 aliphatic carbocycles. The van der Waals surface area contributed by atoms with Gasteiger partial charge in [0.1, 0.15) is 17.7 Å². The van der Waals surface area contributed by atoms with E-state index in [0.717, 1.165) is 95.1 Å². The van der Waals surface area contributed by atoms with E-state index in [1.165, 1.54) is 11.1 Å². The van der Waals surface area contributed by atoms with E-state index in [1.807, 2.05) is 4.90 Å². The number of piperidine rings is 1. The number of anilines is 1. The number of aryl methyl sites for hydroxylation is 1. The van der Waals surface area contributed by atoms with Crippen LogP contribution in [-0.2, 0) is 22.4 Å². The smallest absolute Gasteiger partial charge is 0.251 e. The number of aromatic nitrogens is 2. The fourth-order valence-corrected chi connectivity index (χ4v) is 5.35. The number of carbonyl (C=O) groups is 1. The standard InChI is InChI=1S/C26H34N4O2/c1-19-22-9-5-14-29(15-11-20-7-3-2-4-8-20)25(22)28-24(27-19)21-12-16-30(17-13-21)26(31)23-10-6-18-32-23/h2-4,7-8,21,23H,5-6,9-18H2,1H3. The summed E-state index contributed by atoms with van der Waals surface area (Å²) in [6.07, 6.45) is 6.77. The molecule has 170 valence electrons. The summed E-state index contributed by atoms with van der Waals surface area (Å²) in [5.74, 6) is 2.62. The lowest BCUT2D eigenvalue weighted by atomic mass is 9.94. The van der Waals surface area contributed by atoms with Crippen LogP contribution in [0.2, 0.25) is 0 Å². The normalized spacial score (nSPS) is 21.6. The van der Waals surface area contributed by atoms with Crippen molar-refractivity contribution in [1.82, 2.24) is 14.9 Å². The predicted molar refractivity (Wildman–Crippen MR) is 125 cm³/mol. The molecule has 3 aliphatic heterocycles. The summed E-state index contributed by atoms with van der Waals surface area (Å²) in [6, 6.07) is 10.7. The third-order valence-corrected chi connectivity index (χ3v) is 7.25. The lowest BCUT2D eigenvalue weighted by Gasteiger charge is -2.34. The Kier molecular flexibility index (Phi) is 6.39. The Balaban J connectivity index is 1.27. The molecular formula is C26H34N4O2. The number of rotatable bonds is 5. The summed E-state index contributed by atoms with van der Waals surface area (Å²) in [5.41, 5.74) is 3.82. The minimum absolute atomic E-state index is 0.176. The molecule has 4 heterocycles. The zero-order chi connectivity index (χ0) is 21.9. The molecule has 0 saturated carbocycles. The van der Waals surface area contributed by atoms with E-state index in [-0.39, 0.29) is 12.0 Å². The van der Waals surface area contributed by atoms with Crippen molar-refractivity contribution in [2.45, 2.75) is 63.9 Å². The van der Waals surface area contributed by atoms with Crippen molar-refractivity contribution < 1.29 is 9.53 Å². The van der Waals surface area contributed by atoms with Crippen LogP contribution in [-0.4, -0.2) is 59.7 Å². The molecule has 6 nitrogen and oxygen atoms in total. The number of likely N-dealkylation sites (tertiary alicyclic amines) is 1. The highest BCUT2D eigenvalue weighted by atomic mass is 16.5. The minimum atomic E-state index is -0.216. The molecule has 0 spiro atoms. The first-order valence-electron chi connectivity index (χ1n) is 12.3. The topological polar surface area (TPSA) is 58.6 Å². The van der Waals surface area contributed by atoms with E-state index in [4.69, 9.17) is 14.7 Å². The highest BCUT2D eigenvalue weighted by molar-refractivity contribution is 5.81. The van der Waals surface area contributed by atoms with E-state index in [9.17, 15) is 4.79 Å². The molecule has 1 amide bonds. The molecule has 1 atom stereocenters. The van der Waals surface area contributed by atoms with Crippen molar-refractivity contribution in [1.29, 1.82) is 0 Å². The van der Waals surface area contributed by atoms with Crippen LogP contribution in [0, 0.1) is 6.92 Å². The quantitative estimate of drug-likeness (QED) is 0.719. The minimum Gasteiger partial charge on any atom is -0.368 e. The van der Waals surface area contributed by atoms with E-state index in [2.05, 4.69) is 42.2 Å². The zero-order valence-corrected chi connectivity index (χ0v) is 19.1. The Morgan fingerprint density at radius 2 is 1.88 bits per heavy atom. The van der Waals surface area contributed by atoms with Crippen LogP contribution < -0.4 is 4.90 Å². The number of ether oxygens (including phenoxy) is 1. The zero-order valence-electron chi connectivity index (χ0n) is 19.1. The van der Waals surface area contributed by atoms with Crippen LogP contribution in [0.1, 0.15) is 60.7 Å². The molecular weight excluding hydrogens is 400 g/mol. The Morgan fingerprint density at radius 1 is 1.06 bits per heavy atom. The third kappa shape index (κ3) is 4.51. The molecule has 32 heavy (non-hydrogen) atoms. The largest absolute Gasteiger partial charge is 0.368 e. The number of hydrogen-bond donors (Lipinski definition) is 0. The monoisotopic (exact) mass is 434 g/mol. The second-order valence-corrected chi connectivity index (χ2v) is 9.40. The molecule has 0 bridgehead atoms. The summed E-state index contributed by atoms with van der Waals surface area (Å²) in [6.45, 7) is 6.46. The van der Waals surface area contributed by atoms with Crippen molar-refractivity contribution in [2.75, 3.05) is 37.7 Å². The maximum absolute atomic E-state index is 12.7. The Labute approximate surface area is 191 Å². The van der Waals surface area contributed by atoms with Crippen LogP contribution in [0.5, 0.6) is 0 Å². The number of nitrogens with zero attached hydrogens (tertiary/aromatic N) is 4. The van der Waals surface area contributed by atoms with Crippen LogP contribution in [0.15, 0.2) is 30.3 Å². The number of carbonyl (C=O) groups excluding carboxylic acids is 1. The third-order valence-electron chi connectivity index (χ3n) is 7.25. The number of benzene rings is 1. The fraction of sp³-hybridized carbons (Fsp3) is 0.577. The van der Waals surface area contributed by atoms with E-state index >= 15 is 0 Å². The molecule has 1 unspecified atom stereocenters.